The summed E-state index contributed by atoms with van der Waals surface area (Å²) in [5.41, 5.74) is 2.88. The smallest absolute Gasteiger partial charge is 0.352 e. The first-order valence-corrected chi connectivity index (χ1v) is 22.0. The van der Waals surface area contributed by atoms with Crippen LogP contribution in [0.1, 0.15) is 36.1 Å². The summed E-state index contributed by atoms with van der Waals surface area (Å²) in [5, 5.41) is 9.88. The van der Waals surface area contributed by atoms with Crippen molar-refractivity contribution in [3.63, 3.8) is 0 Å². The number of hydrogen-bond acceptors (Lipinski definition) is 14. The highest BCUT2D eigenvalue weighted by Crippen LogP contribution is 2.46. The molecule has 2 saturated heterocycles. The molecule has 0 bridgehead atoms. The molecule has 24 heteroatoms. The Hall–Kier alpha value is -8.18. The van der Waals surface area contributed by atoms with Crippen LogP contribution in [0, 0.1) is 39.5 Å². The second-order valence-corrected chi connectivity index (χ2v) is 17.2. The van der Waals surface area contributed by atoms with E-state index in [1.807, 2.05) is 52.0 Å². The molecule has 0 spiro atoms. The Morgan fingerprint density at radius 2 is 0.912 bits per heavy atom. The van der Waals surface area contributed by atoms with Crippen molar-refractivity contribution in [2.45, 2.75) is 79.8 Å². The molecule has 9 rings (SSSR count). The Morgan fingerprint density at radius 1 is 0.544 bits per heavy atom. The number of amides is 8. The summed E-state index contributed by atoms with van der Waals surface area (Å²) in [6.45, 7) is 9.67. The van der Waals surface area contributed by atoms with Gasteiger partial charge in [-0.3, -0.25) is 48.5 Å². The van der Waals surface area contributed by atoms with E-state index in [2.05, 4.69) is 41.2 Å². The van der Waals surface area contributed by atoms with Gasteiger partial charge in [-0.15, -0.1) is 0 Å². The zero-order valence-corrected chi connectivity index (χ0v) is 37.8. The summed E-state index contributed by atoms with van der Waals surface area (Å²) in [6, 6.07) is 3.07. The van der Waals surface area contributed by atoms with Crippen molar-refractivity contribution in [3.05, 3.63) is 88.2 Å². The van der Waals surface area contributed by atoms with E-state index < -0.39 is 95.2 Å². The van der Waals surface area contributed by atoms with Crippen LogP contribution in [0.4, 0.5) is 9.59 Å². The number of aryl methyl sites for hydroxylation is 4. The topological polar surface area (TPSA) is 297 Å². The Bertz CT molecular complexity index is 3170. The zero-order chi connectivity index (χ0) is 48.6. The Morgan fingerprint density at radius 3 is 1.28 bits per heavy atom. The van der Waals surface area contributed by atoms with Crippen LogP contribution in [-0.2, 0) is 45.4 Å². The third kappa shape index (κ3) is 7.31. The highest BCUT2D eigenvalue weighted by molar-refractivity contribution is 6.08. The van der Waals surface area contributed by atoms with Crippen molar-refractivity contribution in [2.75, 3.05) is 26.2 Å². The van der Waals surface area contributed by atoms with Gasteiger partial charge in [0.2, 0.25) is 23.6 Å². The van der Waals surface area contributed by atoms with Crippen molar-refractivity contribution in [1.82, 2.24) is 69.3 Å². The molecule has 6 aliphatic heterocycles. The van der Waals surface area contributed by atoms with E-state index in [9.17, 15) is 47.9 Å². The van der Waals surface area contributed by atoms with Crippen molar-refractivity contribution >= 4 is 57.8 Å². The van der Waals surface area contributed by atoms with Gasteiger partial charge in [0.15, 0.2) is 23.0 Å². The molecule has 6 heterocycles. The number of carbonyl (C=O) groups is 6. The molecule has 0 unspecified atom stereocenters. The van der Waals surface area contributed by atoms with E-state index >= 15 is 0 Å². The average molecular weight is 931 g/mol. The number of imide groups is 2. The molecule has 3 fully saturated rings. The fourth-order valence-corrected chi connectivity index (χ4v) is 9.54. The molecule has 24 nitrogen and oxygen atoms in total. The largest absolute Gasteiger partial charge is 0.353 e. The molecule has 1 saturated carbocycles. The highest BCUT2D eigenvalue weighted by Gasteiger charge is 2.67. The normalized spacial score (nSPS) is 19.0. The molecule has 0 radical (unpaired) electrons. The van der Waals surface area contributed by atoms with Crippen LogP contribution in [-0.4, -0.2) is 122 Å². The molecule has 352 valence electrons. The van der Waals surface area contributed by atoms with Gasteiger partial charge in [-0.2, -0.15) is 9.97 Å². The van der Waals surface area contributed by atoms with Crippen LogP contribution in [0.15, 0.2) is 43.4 Å². The monoisotopic (exact) mass is 930 g/mol. The third-order valence-electron chi connectivity index (χ3n) is 13.3. The molecule has 8 amide bonds. The van der Waals surface area contributed by atoms with Crippen molar-refractivity contribution in [2.24, 2.45) is 11.8 Å². The van der Waals surface area contributed by atoms with Gasteiger partial charge in [0.05, 0.1) is 46.0 Å². The molecular weight excluding hydrogens is 885 g/mol. The Kier molecular flexibility index (Phi) is 11.2. The second kappa shape index (κ2) is 16.9. The van der Waals surface area contributed by atoms with Gasteiger partial charge < -0.3 is 29.6 Å². The molecule has 2 aromatic carbocycles. The van der Waals surface area contributed by atoms with Crippen molar-refractivity contribution in [1.29, 1.82) is 0 Å². The number of nitrogens with zero attached hydrogens (tertiary/aromatic N) is 10. The van der Waals surface area contributed by atoms with Gasteiger partial charge in [0, 0.05) is 39.3 Å². The maximum absolute atomic E-state index is 13.6. The number of rotatable bonds is 12. The lowest BCUT2D eigenvalue weighted by molar-refractivity contribution is -0.164. The summed E-state index contributed by atoms with van der Waals surface area (Å²) in [6.07, 6.45) is 0. The molecular formula is C44H46N14O10. The predicted octanol–water partition coefficient (Wildman–Crippen LogP) is -1.28. The lowest BCUT2D eigenvalue weighted by Crippen LogP contribution is -2.83. The highest BCUT2D eigenvalue weighted by atomic mass is 16.2. The van der Waals surface area contributed by atoms with Crippen LogP contribution >= 0.6 is 0 Å². The number of carbonyl (C=O) groups excluding carboxylic acids is 6. The third-order valence-corrected chi connectivity index (χ3v) is 13.3. The summed E-state index contributed by atoms with van der Waals surface area (Å²) >= 11 is 0. The summed E-state index contributed by atoms with van der Waals surface area (Å²) in [4.78, 5) is 153. The van der Waals surface area contributed by atoms with Gasteiger partial charge in [-0.1, -0.05) is 0 Å². The minimum Gasteiger partial charge on any atom is -0.353 e. The van der Waals surface area contributed by atoms with Crippen molar-refractivity contribution < 1.29 is 28.8 Å². The average Bonchev–Trinajstić information content (AvgIpc) is 3.26. The number of aromatic nitrogens is 8. The molecule has 4 atom stereocenters. The van der Waals surface area contributed by atoms with E-state index in [1.165, 1.54) is 0 Å². The van der Waals surface area contributed by atoms with Gasteiger partial charge in [-0.25, -0.2) is 29.1 Å². The second-order valence-electron chi connectivity index (χ2n) is 17.2. The maximum Gasteiger partial charge on any atom is 0.352 e. The Labute approximate surface area is 384 Å². The number of nitrogens with one attached hydrogen (secondary N) is 4. The van der Waals surface area contributed by atoms with Gasteiger partial charge in [0.25, 0.3) is 11.1 Å². The first-order valence-electron chi connectivity index (χ1n) is 22.0. The fourth-order valence-electron chi connectivity index (χ4n) is 9.54. The quantitative estimate of drug-likeness (QED) is 0.104. The Balaban J connectivity index is 0.921. The predicted molar refractivity (Wildman–Crippen MR) is 241 cm³/mol. The summed E-state index contributed by atoms with van der Waals surface area (Å²) in [7, 11) is 0. The molecule has 0 aromatic heterocycles. The number of fused-ring (bicyclic) bond motifs is 8. The molecule has 7 aliphatic rings. The number of urea groups is 2. The summed E-state index contributed by atoms with van der Waals surface area (Å²) < 4.78 is 5.18. The van der Waals surface area contributed by atoms with Gasteiger partial charge in [-0.05, 0) is 88.1 Å². The molecule has 4 N–H and O–H groups in total. The van der Waals surface area contributed by atoms with Crippen LogP contribution in [0.3, 0.4) is 0 Å². The zero-order valence-electron chi connectivity index (χ0n) is 37.8. The number of benzene rings is 2. The van der Waals surface area contributed by atoms with Crippen LogP contribution < -0.4 is 43.8 Å². The van der Waals surface area contributed by atoms with E-state index in [0.717, 1.165) is 41.2 Å². The van der Waals surface area contributed by atoms with E-state index in [1.54, 1.807) is 23.0 Å². The molecule has 1 aliphatic carbocycles. The SMILES string of the molecule is CCn1c(=O)nc2n(CCNC(=O)CN3C(=O)NC(=O)[C@@H]4[C@@H]5C(=O)NC(=O)N(CC(=O)NCCn6c7nc(=O)n(CC)c(=O)c-7nc7cc(C)c(C)cc76)[C@@H]5[C@@H]43)c3cc(C)c(C)cc3nc-2c1=O. The minimum absolute atomic E-state index is 0.0188. The van der Waals surface area contributed by atoms with Crippen LogP contribution in [0.2, 0.25) is 0 Å². The van der Waals surface area contributed by atoms with Gasteiger partial charge >= 0.3 is 23.4 Å². The fraction of sp³-hybridized carbons (Fsp3) is 0.409. The number of hydrogen-bond donors (Lipinski definition) is 4. The molecule has 2 aromatic rings. The lowest BCUT2D eigenvalue weighted by Gasteiger charge is -2.60. The van der Waals surface area contributed by atoms with Crippen LogP contribution in [0.25, 0.3) is 45.1 Å². The first-order chi connectivity index (χ1) is 32.4. The maximum atomic E-state index is 13.6. The van der Waals surface area contributed by atoms with E-state index in [4.69, 9.17) is 0 Å². The standard InChI is InChI=1S/C44H46N14O10/c1-7-53-39(63)31-35(49-41(53)65)55(25-15-21(5)19(3)13-23(25)47-31)11-9-45-27(59)17-57-33-29(37(61)51-43(57)67)30-34(33)58(44(68)52-38(30)62)18-28(60)46-10-12-56-26-16-22(6)20(4)14-24(26)48-32-36(56)50-42(66)54(8-2)40(32)64/h13-16,29-30,33-34H,7-12,17-18H2,1-6H3,(H,45,59)(H,46,60)(H,51,61,67)(H,52,62,68)/t29-,30+,33-,34+. The van der Waals surface area contributed by atoms with Gasteiger partial charge in [0.1, 0.15) is 13.1 Å². The summed E-state index contributed by atoms with van der Waals surface area (Å²) in [5.74, 6) is -5.19. The van der Waals surface area contributed by atoms with Crippen LogP contribution in [0.5, 0.6) is 0 Å². The lowest BCUT2D eigenvalue weighted by atomic mass is 9.60. The minimum atomic E-state index is -1.17. The van der Waals surface area contributed by atoms with E-state index in [-0.39, 0.29) is 62.3 Å². The molecule has 68 heavy (non-hydrogen) atoms. The van der Waals surface area contributed by atoms with E-state index in [0.29, 0.717) is 22.1 Å². The van der Waals surface area contributed by atoms with Crippen molar-refractivity contribution in [3.8, 4) is 23.0 Å². The first kappa shape index (κ1) is 45.0.